The summed E-state index contributed by atoms with van der Waals surface area (Å²) in [6.45, 7) is 7.33. The van der Waals surface area contributed by atoms with Crippen LogP contribution in [0, 0.1) is 5.92 Å². The summed E-state index contributed by atoms with van der Waals surface area (Å²) in [7, 11) is 0. The number of piperidine rings is 1. The van der Waals surface area contributed by atoms with Gasteiger partial charge in [0.1, 0.15) is 0 Å². The second kappa shape index (κ2) is 9.10. The van der Waals surface area contributed by atoms with Crippen molar-refractivity contribution in [3.05, 3.63) is 46.5 Å². The number of nitrogens with one attached hydrogen (secondary N) is 2. The Kier molecular flexibility index (Phi) is 6.58. The van der Waals surface area contributed by atoms with Gasteiger partial charge in [-0.05, 0) is 49.5 Å². The summed E-state index contributed by atoms with van der Waals surface area (Å²) in [6, 6.07) is 7.21. The summed E-state index contributed by atoms with van der Waals surface area (Å²) in [5, 5.41) is 8.26. The minimum Gasteiger partial charge on any atom is -0.352 e. The zero-order valence-electron chi connectivity index (χ0n) is 15.8. The highest BCUT2D eigenvalue weighted by Crippen LogP contribution is 2.21. The Morgan fingerprint density at radius 3 is 2.59 bits per heavy atom. The molecule has 2 heterocycles. The quantitative estimate of drug-likeness (QED) is 0.799. The summed E-state index contributed by atoms with van der Waals surface area (Å²) < 4.78 is 0. The molecule has 2 amide bonds. The lowest BCUT2D eigenvalue weighted by atomic mass is 9.99. The minimum absolute atomic E-state index is 0.0736. The van der Waals surface area contributed by atoms with Crippen LogP contribution >= 0.6 is 11.3 Å². The van der Waals surface area contributed by atoms with Crippen molar-refractivity contribution in [1.82, 2.24) is 15.2 Å². The van der Waals surface area contributed by atoms with E-state index in [9.17, 15) is 9.59 Å². The molecular weight excluding hydrogens is 360 g/mol. The Labute approximate surface area is 164 Å². The summed E-state index contributed by atoms with van der Waals surface area (Å²) in [5.41, 5.74) is 2.54. The number of benzene rings is 1. The lowest BCUT2D eigenvalue weighted by molar-refractivity contribution is -0.119. The molecule has 0 aliphatic carbocycles. The Bertz CT molecular complexity index is 780. The second-order valence-corrected chi connectivity index (χ2v) is 8.02. The van der Waals surface area contributed by atoms with Gasteiger partial charge in [0, 0.05) is 31.0 Å². The first-order chi connectivity index (χ1) is 13.0. The molecule has 3 rings (SSSR count). The molecule has 7 heteroatoms. The molecule has 1 aliphatic rings. The average Bonchev–Trinajstić information content (AvgIpc) is 3.09. The van der Waals surface area contributed by atoms with E-state index < -0.39 is 0 Å². The predicted octanol–water partition coefficient (Wildman–Crippen LogP) is 3.26. The fraction of sp³-hybridized carbons (Fsp3) is 0.450. The summed E-state index contributed by atoms with van der Waals surface area (Å²) in [6.07, 6.45) is 2.48. The van der Waals surface area contributed by atoms with Gasteiger partial charge < -0.3 is 5.32 Å². The van der Waals surface area contributed by atoms with Crippen LogP contribution < -0.4 is 10.6 Å². The third-order valence-electron chi connectivity index (χ3n) is 4.79. The highest BCUT2D eigenvalue weighted by molar-refractivity contribution is 7.13. The maximum absolute atomic E-state index is 12.4. The Balaban J connectivity index is 1.52. The topological polar surface area (TPSA) is 74.3 Å². The van der Waals surface area contributed by atoms with Crippen molar-refractivity contribution >= 4 is 28.3 Å². The zero-order valence-corrected chi connectivity index (χ0v) is 16.6. The molecule has 1 aromatic carbocycles. The number of amides is 2. The van der Waals surface area contributed by atoms with Crippen LogP contribution in [0.2, 0.25) is 0 Å². The van der Waals surface area contributed by atoms with E-state index in [1.165, 1.54) is 31.1 Å². The summed E-state index contributed by atoms with van der Waals surface area (Å²) in [4.78, 5) is 30.3. The molecule has 0 spiro atoms. The standard InChI is InChI=1S/C20H26N4O2S/c1-14-7-9-24(10-8-14)12-18-13-27-20(22-18)23-19(26)17-5-3-16(4-6-17)11-21-15(2)25/h3-6,13-14H,7-12H2,1-2H3,(H,21,25)(H,22,23,26). The number of anilines is 1. The number of hydrogen-bond acceptors (Lipinski definition) is 5. The van der Waals surface area contributed by atoms with Crippen LogP contribution in [0.15, 0.2) is 29.6 Å². The molecule has 2 aromatic rings. The highest BCUT2D eigenvalue weighted by atomic mass is 32.1. The molecule has 0 saturated carbocycles. The summed E-state index contributed by atoms with van der Waals surface area (Å²) >= 11 is 1.46. The van der Waals surface area contributed by atoms with Crippen molar-refractivity contribution in [3.63, 3.8) is 0 Å². The van der Waals surface area contributed by atoms with Crippen molar-refractivity contribution in [2.75, 3.05) is 18.4 Å². The number of carbonyl (C=O) groups excluding carboxylic acids is 2. The van der Waals surface area contributed by atoms with E-state index in [0.717, 1.165) is 36.8 Å². The highest BCUT2D eigenvalue weighted by Gasteiger charge is 2.17. The number of aromatic nitrogens is 1. The molecule has 27 heavy (non-hydrogen) atoms. The van der Waals surface area contributed by atoms with Crippen LogP contribution in [-0.2, 0) is 17.9 Å². The van der Waals surface area contributed by atoms with E-state index in [2.05, 4.69) is 27.4 Å². The van der Waals surface area contributed by atoms with Crippen molar-refractivity contribution < 1.29 is 9.59 Å². The van der Waals surface area contributed by atoms with Crippen LogP contribution in [0.3, 0.4) is 0 Å². The molecule has 0 atom stereocenters. The molecule has 2 N–H and O–H groups in total. The van der Waals surface area contributed by atoms with Gasteiger partial charge >= 0.3 is 0 Å². The fourth-order valence-corrected chi connectivity index (χ4v) is 3.75. The lowest BCUT2D eigenvalue weighted by Crippen LogP contribution is -2.32. The number of thiazole rings is 1. The molecule has 1 aromatic heterocycles. The van der Waals surface area contributed by atoms with Gasteiger partial charge in [-0.15, -0.1) is 11.3 Å². The molecule has 1 aliphatic heterocycles. The van der Waals surface area contributed by atoms with Crippen molar-refractivity contribution in [2.45, 2.75) is 39.8 Å². The smallest absolute Gasteiger partial charge is 0.257 e. The van der Waals surface area contributed by atoms with Crippen molar-refractivity contribution in [2.24, 2.45) is 5.92 Å². The average molecular weight is 387 g/mol. The number of likely N-dealkylation sites (tertiary alicyclic amines) is 1. The lowest BCUT2D eigenvalue weighted by Gasteiger charge is -2.29. The van der Waals surface area contributed by atoms with E-state index in [1.807, 2.05) is 17.5 Å². The predicted molar refractivity (Wildman–Crippen MR) is 108 cm³/mol. The largest absolute Gasteiger partial charge is 0.352 e. The first kappa shape index (κ1) is 19.5. The first-order valence-corrected chi connectivity index (χ1v) is 10.2. The number of rotatable bonds is 6. The normalized spacial score (nSPS) is 15.5. The van der Waals surface area contributed by atoms with Crippen LogP contribution in [0.5, 0.6) is 0 Å². The molecule has 1 fully saturated rings. The van der Waals surface area contributed by atoms with E-state index in [1.54, 1.807) is 12.1 Å². The molecule has 0 bridgehead atoms. The monoisotopic (exact) mass is 386 g/mol. The van der Waals surface area contributed by atoms with E-state index >= 15 is 0 Å². The number of nitrogens with zero attached hydrogens (tertiary/aromatic N) is 2. The maximum Gasteiger partial charge on any atom is 0.257 e. The Morgan fingerprint density at radius 2 is 1.93 bits per heavy atom. The van der Waals surface area contributed by atoms with Gasteiger partial charge in [0.25, 0.3) is 5.91 Å². The van der Waals surface area contributed by atoms with Crippen molar-refractivity contribution in [3.8, 4) is 0 Å². The van der Waals surface area contributed by atoms with Gasteiger partial charge in [-0.25, -0.2) is 4.98 Å². The first-order valence-electron chi connectivity index (χ1n) is 9.31. The van der Waals surface area contributed by atoms with Crippen LogP contribution in [0.25, 0.3) is 0 Å². The number of carbonyl (C=O) groups is 2. The third kappa shape index (κ3) is 5.87. The van der Waals surface area contributed by atoms with E-state index in [0.29, 0.717) is 17.2 Å². The maximum atomic E-state index is 12.4. The van der Waals surface area contributed by atoms with Gasteiger partial charge in [-0.3, -0.25) is 19.8 Å². The van der Waals surface area contributed by atoms with E-state index in [-0.39, 0.29) is 11.8 Å². The summed E-state index contributed by atoms with van der Waals surface area (Å²) in [5.74, 6) is 0.570. The van der Waals surface area contributed by atoms with Gasteiger partial charge in [0.2, 0.25) is 5.91 Å². The Hall–Kier alpha value is -2.25. The molecular formula is C20H26N4O2S. The molecule has 0 unspecified atom stereocenters. The minimum atomic E-state index is -0.172. The van der Waals surface area contributed by atoms with Gasteiger partial charge in [-0.1, -0.05) is 19.1 Å². The van der Waals surface area contributed by atoms with Gasteiger partial charge in [0.15, 0.2) is 5.13 Å². The molecule has 1 saturated heterocycles. The van der Waals surface area contributed by atoms with E-state index in [4.69, 9.17) is 0 Å². The molecule has 144 valence electrons. The van der Waals surface area contributed by atoms with Gasteiger partial charge in [0.05, 0.1) is 5.69 Å². The third-order valence-corrected chi connectivity index (χ3v) is 5.60. The number of hydrogen-bond donors (Lipinski definition) is 2. The Morgan fingerprint density at radius 1 is 1.22 bits per heavy atom. The van der Waals surface area contributed by atoms with Crippen molar-refractivity contribution in [1.29, 1.82) is 0 Å². The second-order valence-electron chi connectivity index (χ2n) is 7.16. The molecule has 0 radical (unpaired) electrons. The van der Waals surface area contributed by atoms with Crippen LogP contribution in [-0.4, -0.2) is 34.8 Å². The van der Waals surface area contributed by atoms with Gasteiger partial charge in [-0.2, -0.15) is 0 Å². The van der Waals surface area contributed by atoms with Crippen LogP contribution in [0.4, 0.5) is 5.13 Å². The fourth-order valence-electron chi connectivity index (χ4n) is 3.06. The molecule has 6 nitrogen and oxygen atoms in total. The zero-order chi connectivity index (χ0) is 19.2. The van der Waals surface area contributed by atoms with Crippen LogP contribution in [0.1, 0.15) is 48.3 Å². The SMILES string of the molecule is CC(=O)NCc1ccc(C(=O)Nc2nc(CN3CCC(C)CC3)cs2)cc1.